The van der Waals surface area contributed by atoms with E-state index in [0.717, 1.165) is 18.9 Å². The van der Waals surface area contributed by atoms with Gasteiger partial charge in [0.2, 0.25) is 0 Å². The molecule has 0 bridgehead atoms. The van der Waals surface area contributed by atoms with E-state index in [1.165, 1.54) is 12.1 Å². The van der Waals surface area contributed by atoms with Crippen LogP contribution in [0.5, 0.6) is 5.75 Å². The van der Waals surface area contributed by atoms with Crippen molar-refractivity contribution in [3.63, 3.8) is 0 Å². The van der Waals surface area contributed by atoms with Crippen LogP contribution in [0.1, 0.15) is 30.1 Å². The molecule has 5 heteroatoms. The van der Waals surface area contributed by atoms with Crippen LogP contribution in [-0.2, 0) is 0 Å². The largest absolute Gasteiger partial charge is 0.508 e. The molecule has 0 aliphatic carbocycles. The first-order valence-electron chi connectivity index (χ1n) is 6.05. The zero-order valence-electron chi connectivity index (χ0n) is 10.4. The lowest BCUT2D eigenvalue weighted by molar-refractivity contribution is 0.0942. The van der Waals surface area contributed by atoms with E-state index in [2.05, 4.69) is 5.32 Å². The Morgan fingerprint density at radius 2 is 2.28 bits per heavy atom. The summed E-state index contributed by atoms with van der Waals surface area (Å²) in [6.45, 7) is 3.07. The monoisotopic (exact) mass is 254 g/mol. The van der Waals surface area contributed by atoms with Crippen molar-refractivity contribution in [3.8, 4) is 5.75 Å². The van der Waals surface area contributed by atoms with Crippen LogP contribution in [0.4, 0.5) is 4.39 Å². The zero-order chi connectivity index (χ0) is 13.5. The van der Waals surface area contributed by atoms with E-state index in [0.29, 0.717) is 19.0 Å². The molecule has 4 nitrogen and oxygen atoms in total. The summed E-state index contributed by atoms with van der Waals surface area (Å²) in [7, 11) is 0. The summed E-state index contributed by atoms with van der Waals surface area (Å²) in [5, 5.41) is 11.7. The van der Waals surface area contributed by atoms with Gasteiger partial charge in [0.1, 0.15) is 11.6 Å². The predicted molar refractivity (Wildman–Crippen MR) is 67.9 cm³/mol. The second-order valence-corrected chi connectivity index (χ2v) is 4.23. The van der Waals surface area contributed by atoms with E-state index in [1.54, 1.807) is 0 Å². The number of hydrogen-bond donors (Lipinski definition) is 3. The van der Waals surface area contributed by atoms with Crippen molar-refractivity contribution in [2.75, 3.05) is 13.1 Å². The molecule has 1 aromatic rings. The van der Waals surface area contributed by atoms with Crippen LogP contribution >= 0.6 is 0 Å². The molecule has 0 fully saturated rings. The molecule has 1 amide bonds. The maximum atomic E-state index is 13.4. The third-order valence-electron chi connectivity index (χ3n) is 2.90. The van der Waals surface area contributed by atoms with Gasteiger partial charge in [-0.05, 0) is 31.0 Å². The van der Waals surface area contributed by atoms with Crippen molar-refractivity contribution in [2.24, 2.45) is 11.7 Å². The molecule has 1 unspecified atom stereocenters. The fourth-order valence-electron chi connectivity index (χ4n) is 1.71. The van der Waals surface area contributed by atoms with Gasteiger partial charge >= 0.3 is 0 Å². The number of carbonyl (C=O) groups excluding carboxylic acids is 1. The lowest BCUT2D eigenvalue weighted by Crippen LogP contribution is -2.30. The number of nitrogens with one attached hydrogen (secondary N) is 1. The normalized spacial score (nSPS) is 12.2. The van der Waals surface area contributed by atoms with Crippen molar-refractivity contribution >= 4 is 5.91 Å². The first-order chi connectivity index (χ1) is 8.58. The molecule has 1 atom stereocenters. The fourth-order valence-corrected chi connectivity index (χ4v) is 1.71. The van der Waals surface area contributed by atoms with Crippen LogP contribution in [0.15, 0.2) is 18.2 Å². The lowest BCUT2D eigenvalue weighted by atomic mass is 10.0. The Morgan fingerprint density at radius 3 is 2.83 bits per heavy atom. The van der Waals surface area contributed by atoms with Crippen molar-refractivity contribution in [1.82, 2.24) is 5.32 Å². The molecular weight excluding hydrogens is 235 g/mol. The Labute approximate surface area is 106 Å². The van der Waals surface area contributed by atoms with Crippen LogP contribution in [0.2, 0.25) is 0 Å². The third kappa shape index (κ3) is 4.00. The van der Waals surface area contributed by atoms with E-state index < -0.39 is 11.7 Å². The Morgan fingerprint density at radius 1 is 1.56 bits per heavy atom. The number of hydrogen-bond acceptors (Lipinski definition) is 3. The topological polar surface area (TPSA) is 75.3 Å². The Balaban J connectivity index is 2.59. The summed E-state index contributed by atoms with van der Waals surface area (Å²) in [5.41, 5.74) is 5.40. The minimum atomic E-state index is -0.723. The number of rotatable bonds is 6. The molecule has 0 aliphatic heterocycles. The molecule has 0 aliphatic rings. The van der Waals surface area contributed by atoms with E-state index in [-0.39, 0.29) is 11.3 Å². The van der Waals surface area contributed by atoms with Gasteiger partial charge in [-0.25, -0.2) is 4.39 Å². The first-order valence-corrected chi connectivity index (χ1v) is 6.05. The fraction of sp³-hybridized carbons (Fsp3) is 0.462. The van der Waals surface area contributed by atoms with Gasteiger partial charge in [0.05, 0.1) is 5.56 Å². The molecule has 18 heavy (non-hydrogen) atoms. The van der Waals surface area contributed by atoms with Gasteiger partial charge in [0, 0.05) is 12.6 Å². The summed E-state index contributed by atoms with van der Waals surface area (Å²) in [5.74, 6) is -1.08. The summed E-state index contributed by atoms with van der Waals surface area (Å²) < 4.78 is 13.4. The van der Waals surface area contributed by atoms with Crippen molar-refractivity contribution in [1.29, 1.82) is 0 Å². The highest BCUT2D eigenvalue weighted by Crippen LogP contribution is 2.15. The van der Waals surface area contributed by atoms with Crippen LogP contribution in [-0.4, -0.2) is 24.1 Å². The van der Waals surface area contributed by atoms with E-state index in [9.17, 15) is 9.18 Å². The van der Waals surface area contributed by atoms with Gasteiger partial charge in [-0.3, -0.25) is 4.79 Å². The molecule has 0 heterocycles. The van der Waals surface area contributed by atoms with E-state index in [4.69, 9.17) is 10.8 Å². The Kier molecular flexibility index (Phi) is 5.58. The number of carbonyl (C=O) groups is 1. The summed E-state index contributed by atoms with van der Waals surface area (Å²) in [6.07, 6.45) is 1.74. The van der Waals surface area contributed by atoms with Crippen molar-refractivity contribution in [3.05, 3.63) is 29.6 Å². The highest BCUT2D eigenvalue weighted by Gasteiger charge is 2.13. The molecule has 0 saturated heterocycles. The van der Waals surface area contributed by atoms with Gasteiger partial charge in [0.25, 0.3) is 5.91 Å². The SMILES string of the molecule is CCC(CCN)CNC(=O)c1ccc(O)cc1F. The van der Waals surface area contributed by atoms with Gasteiger partial charge in [-0.2, -0.15) is 0 Å². The van der Waals surface area contributed by atoms with Crippen LogP contribution in [0, 0.1) is 11.7 Å². The second kappa shape index (κ2) is 6.96. The van der Waals surface area contributed by atoms with Gasteiger partial charge in [-0.15, -0.1) is 0 Å². The summed E-state index contributed by atoms with van der Waals surface area (Å²) in [6, 6.07) is 3.48. The van der Waals surface area contributed by atoms with Gasteiger partial charge in [0.15, 0.2) is 0 Å². The number of amides is 1. The summed E-state index contributed by atoms with van der Waals surface area (Å²) in [4.78, 5) is 11.7. The molecule has 0 aromatic heterocycles. The van der Waals surface area contributed by atoms with Crippen LogP contribution in [0.25, 0.3) is 0 Å². The minimum Gasteiger partial charge on any atom is -0.508 e. The lowest BCUT2D eigenvalue weighted by Gasteiger charge is -2.14. The van der Waals surface area contributed by atoms with Gasteiger partial charge < -0.3 is 16.2 Å². The standard InChI is InChI=1S/C13H19FN2O2/c1-2-9(5-6-15)8-16-13(18)11-4-3-10(17)7-12(11)14/h3-4,7,9,17H,2,5-6,8,15H2,1H3,(H,16,18). The first kappa shape index (κ1) is 14.4. The number of aromatic hydroxyl groups is 1. The quantitative estimate of drug-likeness (QED) is 0.722. The molecule has 0 saturated carbocycles. The Hall–Kier alpha value is -1.62. The molecular formula is C13H19FN2O2. The molecule has 1 rings (SSSR count). The van der Waals surface area contributed by atoms with Crippen molar-refractivity contribution < 1.29 is 14.3 Å². The smallest absolute Gasteiger partial charge is 0.254 e. The summed E-state index contributed by atoms with van der Waals surface area (Å²) >= 11 is 0. The van der Waals surface area contributed by atoms with Crippen LogP contribution < -0.4 is 11.1 Å². The highest BCUT2D eigenvalue weighted by atomic mass is 19.1. The second-order valence-electron chi connectivity index (χ2n) is 4.23. The number of benzene rings is 1. The van der Waals surface area contributed by atoms with Crippen molar-refractivity contribution in [2.45, 2.75) is 19.8 Å². The number of phenolic OH excluding ortho intramolecular Hbond substituents is 1. The Bertz CT molecular complexity index is 410. The molecule has 100 valence electrons. The number of nitrogens with two attached hydrogens (primary N) is 1. The maximum absolute atomic E-state index is 13.4. The predicted octanol–water partition coefficient (Wildman–Crippen LogP) is 1.64. The molecule has 4 N–H and O–H groups in total. The third-order valence-corrected chi connectivity index (χ3v) is 2.90. The average molecular weight is 254 g/mol. The number of phenols is 1. The molecule has 1 aromatic carbocycles. The average Bonchev–Trinajstić information content (AvgIpc) is 2.34. The number of halogens is 1. The van der Waals surface area contributed by atoms with E-state index >= 15 is 0 Å². The van der Waals surface area contributed by atoms with E-state index in [1.807, 2.05) is 6.92 Å². The zero-order valence-corrected chi connectivity index (χ0v) is 10.4. The highest BCUT2D eigenvalue weighted by molar-refractivity contribution is 5.94. The van der Waals surface area contributed by atoms with Gasteiger partial charge in [-0.1, -0.05) is 13.3 Å². The maximum Gasteiger partial charge on any atom is 0.254 e. The molecule has 0 spiro atoms. The molecule has 0 radical (unpaired) electrons. The van der Waals surface area contributed by atoms with Crippen LogP contribution in [0.3, 0.4) is 0 Å². The minimum absolute atomic E-state index is 0.0598.